The Morgan fingerprint density at radius 3 is 2.10 bits per heavy atom. The second-order valence-corrected chi connectivity index (χ2v) is 4.39. The highest BCUT2D eigenvalue weighted by atomic mass is 35.7. The normalized spacial score (nSPS) is 17.3. The molecule has 0 fully saturated rings. The van der Waals surface area contributed by atoms with Crippen LogP contribution in [0.2, 0.25) is 0 Å². The molecule has 0 aromatic carbocycles. The van der Waals surface area contributed by atoms with Crippen molar-refractivity contribution in [2.75, 3.05) is 0 Å². The molecular weight excluding hydrogens is 174 g/mol. The Bertz CT molecular complexity index is 129. The van der Waals surface area contributed by atoms with Crippen LogP contribution in [-0.4, -0.2) is 11.0 Å². The molecule has 62 valence electrons. The van der Waals surface area contributed by atoms with Crippen molar-refractivity contribution in [2.45, 2.75) is 32.8 Å². The summed E-state index contributed by atoms with van der Waals surface area (Å²) in [4.78, 5) is 8.55. The maximum atomic E-state index is 10.4. The number of rotatable bonds is 4. The molecular formula is C5H12ClO3P. The minimum atomic E-state index is -3.78. The summed E-state index contributed by atoms with van der Waals surface area (Å²) < 4.78 is 15.1. The molecule has 0 amide bonds. The van der Waals surface area contributed by atoms with Crippen molar-refractivity contribution in [3.63, 3.8) is 0 Å². The van der Waals surface area contributed by atoms with E-state index in [9.17, 15) is 4.57 Å². The van der Waals surface area contributed by atoms with Gasteiger partial charge in [-0.05, 0) is 12.8 Å². The topological polar surface area (TPSA) is 46.5 Å². The number of hydrogen-bond donors (Lipinski definition) is 1. The zero-order chi connectivity index (χ0) is 8.20. The lowest BCUT2D eigenvalue weighted by Gasteiger charge is -2.13. The first-order valence-electron chi connectivity index (χ1n) is 3.20. The smallest absolute Gasteiger partial charge is 0.313 e. The van der Waals surface area contributed by atoms with Crippen LogP contribution in [0.4, 0.5) is 0 Å². The second-order valence-electron chi connectivity index (χ2n) is 2.00. The minimum absolute atomic E-state index is 0.201. The Morgan fingerprint density at radius 2 is 2.00 bits per heavy atom. The van der Waals surface area contributed by atoms with Gasteiger partial charge in [-0.15, -0.1) is 0 Å². The van der Waals surface area contributed by atoms with Gasteiger partial charge in [0, 0.05) is 11.2 Å². The van der Waals surface area contributed by atoms with Crippen molar-refractivity contribution in [1.82, 2.24) is 0 Å². The Balaban J connectivity index is 3.75. The summed E-state index contributed by atoms with van der Waals surface area (Å²) in [6.07, 6.45) is 1.20. The van der Waals surface area contributed by atoms with E-state index in [1.54, 1.807) is 0 Å². The third kappa shape index (κ3) is 5.24. The molecule has 0 bridgehead atoms. The van der Waals surface area contributed by atoms with Gasteiger partial charge in [-0.2, -0.15) is 0 Å². The first-order valence-corrected chi connectivity index (χ1v) is 5.68. The van der Waals surface area contributed by atoms with E-state index in [-0.39, 0.29) is 6.10 Å². The minimum Gasteiger partial charge on any atom is -0.313 e. The van der Waals surface area contributed by atoms with Crippen LogP contribution in [0.5, 0.6) is 0 Å². The van der Waals surface area contributed by atoms with E-state index in [1.807, 2.05) is 13.8 Å². The zero-order valence-corrected chi connectivity index (χ0v) is 7.73. The van der Waals surface area contributed by atoms with Gasteiger partial charge in [0.1, 0.15) is 0 Å². The molecule has 0 spiro atoms. The fourth-order valence-electron chi connectivity index (χ4n) is 0.622. The van der Waals surface area contributed by atoms with E-state index in [0.29, 0.717) is 12.8 Å². The standard InChI is InChI=1S/C5H12ClO3P/c1-3-5(4-2)9-10(6,7)8/h5H,3-4H2,1-2H3,(H,7,8). The van der Waals surface area contributed by atoms with Crippen molar-refractivity contribution < 1.29 is 14.0 Å². The van der Waals surface area contributed by atoms with Crippen molar-refractivity contribution in [2.24, 2.45) is 0 Å². The van der Waals surface area contributed by atoms with Crippen LogP contribution in [-0.2, 0) is 9.09 Å². The van der Waals surface area contributed by atoms with Crippen LogP contribution >= 0.6 is 18.2 Å². The third-order valence-electron chi connectivity index (χ3n) is 1.19. The molecule has 0 aromatic rings. The average molecular weight is 187 g/mol. The van der Waals surface area contributed by atoms with Gasteiger partial charge in [0.2, 0.25) is 0 Å². The van der Waals surface area contributed by atoms with Crippen LogP contribution < -0.4 is 0 Å². The Hall–Kier alpha value is 0.440. The Morgan fingerprint density at radius 1 is 1.60 bits per heavy atom. The second kappa shape index (κ2) is 4.35. The van der Waals surface area contributed by atoms with Gasteiger partial charge in [0.25, 0.3) is 0 Å². The predicted molar refractivity (Wildman–Crippen MR) is 41.1 cm³/mol. The van der Waals surface area contributed by atoms with Crippen LogP contribution in [0, 0.1) is 0 Å². The van der Waals surface area contributed by atoms with Gasteiger partial charge in [-0.1, -0.05) is 13.8 Å². The zero-order valence-electron chi connectivity index (χ0n) is 6.08. The summed E-state index contributed by atoms with van der Waals surface area (Å²) in [5, 5.41) is 0. The summed E-state index contributed by atoms with van der Waals surface area (Å²) >= 11 is 4.97. The molecule has 5 heteroatoms. The molecule has 0 rings (SSSR count). The molecule has 1 atom stereocenters. The molecule has 1 unspecified atom stereocenters. The molecule has 0 saturated carbocycles. The summed E-state index contributed by atoms with van der Waals surface area (Å²) in [6.45, 7) is -0.0313. The van der Waals surface area contributed by atoms with Gasteiger partial charge in [0.05, 0.1) is 6.10 Å². The first-order chi connectivity index (χ1) is 4.49. The lowest BCUT2D eigenvalue weighted by molar-refractivity contribution is 0.175. The fourth-order valence-corrected chi connectivity index (χ4v) is 1.63. The third-order valence-corrected chi connectivity index (χ3v) is 1.99. The molecule has 3 nitrogen and oxygen atoms in total. The van der Waals surface area contributed by atoms with Crippen molar-refractivity contribution in [1.29, 1.82) is 0 Å². The van der Waals surface area contributed by atoms with Gasteiger partial charge in [-0.3, -0.25) is 4.52 Å². The lowest BCUT2D eigenvalue weighted by atomic mass is 10.2. The SMILES string of the molecule is CCC(CC)OP(=O)(O)Cl. The summed E-state index contributed by atoms with van der Waals surface area (Å²) in [7, 11) is 0. The van der Waals surface area contributed by atoms with E-state index >= 15 is 0 Å². The molecule has 0 aromatic heterocycles. The Kier molecular flexibility index (Phi) is 4.54. The van der Waals surface area contributed by atoms with Gasteiger partial charge in [0.15, 0.2) is 0 Å². The summed E-state index contributed by atoms with van der Waals surface area (Å²) in [5.41, 5.74) is 0. The van der Waals surface area contributed by atoms with Crippen molar-refractivity contribution in [3.8, 4) is 0 Å². The summed E-state index contributed by atoms with van der Waals surface area (Å²) in [5.74, 6) is 0. The maximum Gasteiger partial charge on any atom is 0.421 e. The van der Waals surface area contributed by atoms with Gasteiger partial charge in [-0.25, -0.2) is 4.57 Å². The Labute approximate surface area is 65.7 Å². The average Bonchev–Trinajstić information content (AvgIpc) is 1.81. The van der Waals surface area contributed by atoms with Crippen LogP contribution in [0.15, 0.2) is 0 Å². The fraction of sp³-hybridized carbons (Fsp3) is 1.00. The van der Waals surface area contributed by atoms with E-state index < -0.39 is 6.95 Å². The molecule has 0 heterocycles. The van der Waals surface area contributed by atoms with E-state index in [1.165, 1.54) is 0 Å². The number of halogens is 1. The maximum absolute atomic E-state index is 10.4. The summed E-state index contributed by atoms with van der Waals surface area (Å²) in [6, 6.07) is 0. The monoisotopic (exact) mass is 186 g/mol. The molecule has 10 heavy (non-hydrogen) atoms. The molecule has 0 aliphatic carbocycles. The van der Waals surface area contributed by atoms with Crippen LogP contribution in [0.1, 0.15) is 26.7 Å². The molecule has 0 aliphatic heterocycles. The first kappa shape index (κ1) is 10.4. The van der Waals surface area contributed by atoms with E-state index in [2.05, 4.69) is 4.52 Å². The highest BCUT2D eigenvalue weighted by molar-refractivity contribution is 7.80. The molecule has 0 aliphatic rings. The molecule has 0 saturated heterocycles. The van der Waals surface area contributed by atoms with Gasteiger partial charge >= 0.3 is 6.95 Å². The largest absolute Gasteiger partial charge is 0.421 e. The van der Waals surface area contributed by atoms with Gasteiger partial charge < -0.3 is 4.89 Å². The van der Waals surface area contributed by atoms with Crippen LogP contribution in [0.3, 0.4) is 0 Å². The van der Waals surface area contributed by atoms with Crippen LogP contribution in [0.25, 0.3) is 0 Å². The molecule has 1 N–H and O–H groups in total. The van der Waals surface area contributed by atoms with Crippen molar-refractivity contribution in [3.05, 3.63) is 0 Å². The molecule has 0 radical (unpaired) electrons. The van der Waals surface area contributed by atoms with E-state index in [0.717, 1.165) is 0 Å². The highest BCUT2D eigenvalue weighted by Gasteiger charge is 2.18. The lowest BCUT2D eigenvalue weighted by Crippen LogP contribution is -2.06. The van der Waals surface area contributed by atoms with Crippen molar-refractivity contribution >= 4 is 18.2 Å². The quantitative estimate of drug-likeness (QED) is 0.687. The van der Waals surface area contributed by atoms with E-state index in [4.69, 9.17) is 16.1 Å². The number of hydrogen-bond acceptors (Lipinski definition) is 2. The predicted octanol–water partition coefficient (Wildman–Crippen LogP) is 2.53. The highest BCUT2D eigenvalue weighted by Crippen LogP contribution is 2.49.